The van der Waals surface area contributed by atoms with Gasteiger partial charge < -0.3 is 10.2 Å². The average Bonchev–Trinajstić information content (AvgIpc) is 3.32. The van der Waals surface area contributed by atoms with Gasteiger partial charge in [-0.25, -0.2) is 4.98 Å². The minimum atomic E-state index is 0.0338. The van der Waals surface area contributed by atoms with Crippen LogP contribution in [-0.4, -0.2) is 53.4 Å². The third-order valence-corrected chi connectivity index (χ3v) is 6.94. The maximum absolute atomic E-state index is 13.3. The fourth-order valence-electron chi connectivity index (χ4n) is 4.54. The van der Waals surface area contributed by atoms with Crippen LogP contribution in [0.25, 0.3) is 16.9 Å². The van der Waals surface area contributed by atoms with Gasteiger partial charge in [-0.05, 0) is 41.6 Å². The molecule has 0 unspecified atom stereocenters. The maximum atomic E-state index is 13.3. The largest absolute Gasteiger partial charge is 0.370 e. The van der Waals surface area contributed by atoms with Crippen molar-refractivity contribution in [3.63, 3.8) is 0 Å². The lowest BCUT2D eigenvalue weighted by Crippen LogP contribution is -2.29. The molecule has 0 atom stereocenters. The molecule has 0 spiro atoms. The second kappa shape index (κ2) is 11.5. The summed E-state index contributed by atoms with van der Waals surface area (Å²) in [6.07, 6.45) is 3.31. The Balaban J connectivity index is 1.25. The third kappa shape index (κ3) is 5.58. The van der Waals surface area contributed by atoms with Gasteiger partial charge in [-0.2, -0.15) is 9.61 Å². The van der Waals surface area contributed by atoms with Crippen LogP contribution in [0.4, 0.5) is 5.82 Å². The SMILES string of the molecule is Bc1cnn2c(NCCCN(C)C(=O)c3ccccc3Cc3ccccc3)cc(-c3ccccc3Cl)nc12. The molecular formula is C30H29BClN5O. The lowest BCUT2D eigenvalue weighted by Gasteiger charge is -2.19. The Labute approximate surface area is 228 Å². The topological polar surface area (TPSA) is 62.5 Å². The van der Waals surface area contributed by atoms with Crippen molar-refractivity contribution < 1.29 is 4.79 Å². The van der Waals surface area contributed by atoms with Crippen molar-refractivity contribution >= 4 is 42.3 Å². The van der Waals surface area contributed by atoms with Gasteiger partial charge in [0.15, 0.2) is 5.65 Å². The fourth-order valence-corrected chi connectivity index (χ4v) is 4.78. The first-order valence-electron chi connectivity index (χ1n) is 12.7. The molecule has 0 aliphatic rings. The Morgan fingerprint density at radius 2 is 1.76 bits per heavy atom. The second-order valence-electron chi connectivity index (χ2n) is 9.40. The number of rotatable bonds is 9. The highest BCUT2D eigenvalue weighted by atomic mass is 35.5. The number of carbonyl (C=O) groups excluding carboxylic acids is 1. The van der Waals surface area contributed by atoms with Crippen LogP contribution in [0.1, 0.15) is 27.9 Å². The number of nitrogens with zero attached hydrogens (tertiary/aromatic N) is 4. The van der Waals surface area contributed by atoms with Crippen molar-refractivity contribution in [3.05, 3.63) is 113 Å². The van der Waals surface area contributed by atoms with Gasteiger partial charge in [-0.1, -0.05) is 78.3 Å². The molecule has 0 aliphatic heterocycles. The average molecular weight is 522 g/mol. The molecule has 5 rings (SSSR count). The summed E-state index contributed by atoms with van der Waals surface area (Å²) >= 11 is 6.45. The summed E-state index contributed by atoms with van der Waals surface area (Å²) in [5, 5.41) is 8.64. The lowest BCUT2D eigenvalue weighted by molar-refractivity contribution is 0.0793. The molecule has 2 heterocycles. The Morgan fingerprint density at radius 3 is 2.58 bits per heavy atom. The van der Waals surface area contributed by atoms with Crippen molar-refractivity contribution in [2.24, 2.45) is 0 Å². The van der Waals surface area contributed by atoms with Crippen molar-refractivity contribution in [3.8, 4) is 11.3 Å². The monoisotopic (exact) mass is 521 g/mol. The summed E-state index contributed by atoms with van der Waals surface area (Å²) in [5.41, 5.74) is 6.41. The standard InChI is InChI=1S/C30H29BClN5O/c1-36(30(38)23-13-6-5-12-22(23)18-21-10-3-2-4-11-21)17-9-16-33-28-19-27(24-14-7-8-15-26(24)32)35-29-25(31)20-34-37(28)29/h2-8,10-15,19-20,33H,9,16-18,31H2,1H3. The van der Waals surface area contributed by atoms with E-state index in [9.17, 15) is 4.79 Å². The molecule has 2 aromatic heterocycles. The van der Waals surface area contributed by atoms with E-state index in [4.69, 9.17) is 16.6 Å². The van der Waals surface area contributed by atoms with E-state index in [-0.39, 0.29) is 5.91 Å². The van der Waals surface area contributed by atoms with Crippen molar-refractivity contribution in [1.29, 1.82) is 0 Å². The Morgan fingerprint density at radius 1 is 1.03 bits per heavy atom. The quantitative estimate of drug-likeness (QED) is 0.230. The van der Waals surface area contributed by atoms with Crippen LogP contribution in [0, 0.1) is 0 Å². The zero-order chi connectivity index (χ0) is 26.5. The highest BCUT2D eigenvalue weighted by Crippen LogP contribution is 2.28. The van der Waals surface area contributed by atoms with E-state index in [2.05, 4.69) is 22.5 Å². The molecule has 0 fully saturated rings. The van der Waals surface area contributed by atoms with Crippen LogP contribution < -0.4 is 10.8 Å². The number of carbonyl (C=O) groups is 1. The van der Waals surface area contributed by atoms with Gasteiger partial charge in [0.1, 0.15) is 13.7 Å². The summed E-state index contributed by atoms with van der Waals surface area (Å²) in [6.45, 7) is 1.29. The van der Waals surface area contributed by atoms with E-state index in [1.165, 1.54) is 5.56 Å². The highest BCUT2D eigenvalue weighted by molar-refractivity contribution is 6.36. The number of anilines is 1. The molecule has 0 saturated heterocycles. The van der Waals surface area contributed by atoms with Crippen LogP contribution in [0.2, 0.25) is 5.02 Å². The van der Waals surface area contributed by atoms with E-state index < -0.39 is 0 Å². The summed E-state index contributed by atoms with van der Waals surface area (Å²) in [6, 6.07) is 27.8. The van der Waals surface area contributed by atoms with Crippen molar-refractivity contribution in [2.45, 2.75) is 12.8 Å². The zero-order valence-corrected chi connectivity index (χ0v) is 22.3. The van der Waals surface area contributed by atoms with Gasteiger partial charge in [0.05, 0.1) is 5.69 Å². The number of aromatic nitrogens is 3. The predicted octanol–water partition coefficient (Wildman–Crippen LogP) is 4.47. The molecule has 0 saturated carbocycles. The first kappa shape index (κ1) is 25.6. The Hall–Kier alpha value is -4.10. The minimum Gasteiger partial charge on any atom is -0.370 e. The molecule has 0 radical (unpaired) electrons. The van der Waals surface area contributed by atoms with Gasteiger partial charge in [0, 0.05) is 48.5 Å². The fraction of sp³-hybridized carbons (Fsp3) is 0.167. The molecular weight excluding hydrogens is 493 g/mol. The number of fused-ring (bicyclic) bond motifs is 1. The molecule has 38 heavy (non-hydrogen) atoms. The lowest BCUT2D eigenvalue weighted by atomic mass is 9.99. The summed E-state index contributed by atoms with van der Waals surface area (Å²) in [5.74, 6) is 0.867. The maximum Gasteiger partial charge on any atom is 0.253 e. The van der Waals surface area contributed by atoms with Gasteiger partial charge in [-0.3, -0.25) is 4.79 Å². The van der Waals surface area contributed by atoms with Gasteiger partial charge in [-0.15, -0.1) is 0 Å². The van der Waals surface area contributed by atoms with Crippen LogP contribution >= 0.6 is 11.6 Å². The molecule has 3 aromatic carbocycles. The second-order valence-corrected chi connectivity index (χ2v) is 9.80. The van der Waals surface area contributed by atoms with E-state index in [1.807, 2.05) is 98.4 Å². The number of amides is 1. The summed E-state index contributed by atoms with van der Waals surface area (Å²) in [4.78, 5) is 19.9. The molecule has 1 amide bonds. The van der Waals surface area contributed by atoms with E-state index in [0.29, 0.717) is 18.1 Å². The molecule has 6 nitrogen and oxygen atoms in total. The van der Waals surface area contributed by atoms with E-state index >= 15 is 0 Å². The Bertz CT molecular complexity index is 1570. The van der Waals surface area contributed by atoms with Crippen molar-refractivity contribution in [1.82, 2.24) is 19.5 Å². The van der Waals surface area contributed by atoms with Crippen LogP contribution in [0.15, 0.2) is 91.1 Å². The molecule has 0 bridgehead atoms. The smallest absolute Gasteiger partial charge is 0.253 e. The highest BCUT2D eigenvalue weighted by Gasteiger charge is 2.16. The molecule has 1 N–H and O–H groups in total. The molecule has 5 aromatic rings. The first-order chi connectivity index (χ1) is 18.5. The van der Waals surface area contributed by atoms with Crippen LogP contribution in [0.3, 0.4) is 0 Å². The molecule has 0 aliphatic carbocycles. The Kier molecular flexibility index (Phi) is 7.75. The van der Waals surface area contributed by atoms with E-state index in [1.54, 1.807) is 4.90 Å². The minimum absolute atomic E-state index is 0.0338. The van der Waals surface area contributed by atoms with E-state index in [0.717, 1.165) is 52.2 Å². The van der Waals surface area contributed by atoms with Gasteiger partial charge in [0.2, 0.25) is 0 Å². The third-order valence-electron chi connectivity index (χ3n) is 6.61. The number of hydrogen-bond acceptors (Lipinski definition) is 4. The van der Waals surface area contributed by atoms with Gasteiger partial charge in [0.25, 0.3) is 5.91 Å². The number of nitrogens with one attached hydrogen (secondary N) is 1. The number of halogens is 1. The summed E-state index contributed by atoms with van der Waals surface area (Å²) < 4.78 is 1.81. The predicted molar refractivity (Wildman–Crippen MR) is 157 cm³/mol. The number of hydrogen-bond donors (Lipinski definition) is 1. The first-order valence-corrected chi connectivity index (χ1v) is 13.1. The van der Waals surface area contributed by atoms with Crippen LogP contribution in [0.5, 0.6) is 0 Å². The van der Waals surface area contributed by atoms with Crippen molar-refractivity contribution in [2.75, 3.05) is 25.5 Å². The molecule has 190 valence electrons. The van der Waals surface area contributed by atoms with Crippen LogP contribution in [-0.2, 0) is 6.42 Å². The normalized spacial score (nSPS) is 11.0. The number of benzene rings is 3. The van der Waals surface area contributed by atoms with Gasteiger partial charge >= 0.3 is 0 Å². The summed E-state index contributed by atoms with van der Waals surface area (Å²) in [7, 11) is 3.85. The zero-order valence-electron chi connectivity index (χ0n) is 21.6. The molecule has 8 heteroatoms.